The number of hydrogen-bond acceptors (Lipinski definition) is 2. The Hall–Kier alpha value is -8.53. The number of phenols is 2. The second-order valence-corrected chi connectivity index (χ2v) is 18.4. The molecule has 5 heteroatoms. The zero-order valence-corrected chi connectivity index (χ0v) is 45.9. The first-order chi connectivity index (χ1) is 36.3. The van der Waals surface area contributed by atoms with Crippen molar-refractivity contribution in [3.05, 3.63) is 264 Å². The number of rotatable bonds is 11. The number of para-hydroxylation sites is 2. The van der Waals surface area contributed by atoms with Crippen molar-refractivity contribution in [3.8, 4) is 104 Å². The maximum Gasteiger partial charge on any atom is 0.262 e. The van der Waals surface area contributed by atoms with Gasteiger partial charge >= 0.3 is 0 Å². The van der Waals surface area contributed by atoms with E-state index in [9.17, 15) is 10.2 Å². The summed E-state index contributed by atoms with van der Waals surface area (Å²) in [5, 5.41) is 24.1. The summed E-state index contributed by atoms with van der Waals surface area (Å²) < 4.78 is 10.2. The topological polar surface area (TPSA) is 66.1 Å². The Morgan fingerprint density at radius 1 is 0.440 bits per heavy atom. The van der Waals surface area contributed by atoms with Crippen molar-refractivity contribution < 1.29 is 48.4 Å². The molecular weight excluding hydrogens is 1080 g/mol. The molecule has 0 bridgehead atoms. The fourth-order valence-corrected chi connectivity index (χ4v) is 10.3. The molecule has 2 aliphatic carbocycles. The Morgan fingerprint density at radius 3 is 1.13 bits per heavy atom. The third-order valence-electron chi connectivity index (χ3n) is 13.5. The summed E-state index contributed by atoms with van der Waals surface area (Å²) in [4.78, 5) is 0. The van der Waals surface area contributed by atoms with Crippen LogP contribution in [0.5, 0.6) is 23.0 Å². The predicted octanol–water partition coefficient (Wildman–Crippen LogP) is 16.2. The molecule has 0 unspecified atom stereocenters. The number of benzene rings is 9. The number of aliphatic hydroxyl groups is 2. The van der Waals surface area contributed by atoms with Gasteiger partial charge in [0.25, 0.3) is 11.5 Å². The van der Waals surface area contributed by atoms with E-state index in [0.29, 0.717) is 24.7 Å². The van der Waals surface area contributed by atoms with Crippen molar-refractivity contribution >= 4 is 0 Å². The van der Waals surface area contributed by atoms with Crippen molar-refractivity contribution in [2.75, 3.05) is 13.2 Å². The van der Waals surface area contributed by atoms with Gasteiger partial charge in [-0.05, 0) is 106 Å². The maximum absolute atomic E-state index is 12.1. The number of unbranched alkanes of at least 4 members (excludes halogenated alkanes) is 1. The largest absolute Gasteiger partial charge is 0.582 e. The molecule has 2 aliphatic rings. The fraction of sp³-hybridized carbons (Fsp3) is 0.114. The molecule has 9 aromatic rings. The monoisotopic (exact) mass is 1150 g/mol. The molecule has 0 heterocycles. The Balaban J connectivity index is 0.000000497. The number of phenolic OH excluding ortho intramolecular Hbond substituents is 2. The molecule has 75 heavy (non-hydrogen) atoms. The molecule has 0 spiro atoms. The normalized spacial score (nSPS) is 11.3. The van der Waals surface area contributed by atoms with Gasteiger partial charge in [-0.25, -0.2) is 5.92 Å². The molecule has 11 rings (SSSR count). The van der Waals surface area contributed by atoms with E-state index in [4.69, 9.17) is 15.9 Å². The van der Waals surface area contributed by atoms with Crippen LogP contribution >= 0.6 is 0 Å². The van der Waals surface area contributed by atoms with Crippen molar-refractivity contribution in [2.45, 2.75) is 38.5 Å². The second-order valence-electron chi connectivity index (χ2n) is 18.4. The van der Waals surface area contributed by atoms with Gasteiger partial charge in [0.1, 0.15) is 11.5 Å². The molecule has 0 radical (unpaired) electrons. The third-order valence-corrected chi connectivity index (χ3v) is 13.5. The standard InChI is InChI=1S/C56H46O4.C7H7.C7H3.Hf.2H2/c1-35-31-47(55(57)49(33-35)53-43-23-7-3-17-37(43)38-18-4-8-24-44(38)53)41-21-11-13-27-51(41)59-29-15-16-30-60-52-28-14-12-22-42(52)48-32-36(2)34-50(56(48)58)54-45-25-9-5-19-39(45)40-20-6-10-26-46(40)54;1-7-5-3-2-4-6-7;1-3-5-7-6-4-2;;;/h3-14,17-28,31-34,53-54,57-58H,15-16,29-30H2,1-2H3;2-6H,1H2;1H,2H2;;2*1H/q;2*-1;;;/p+2. The Labute approximate surface area is 464 Å². The maximum atomic E-state index is 12.1. The van der Waals surface area contributed by atoms with Crippen molar-refractivity contribution in [1.29, 1.82) is 0 Å². The van der Waals surface area contributed by atoms with Gasteiger partial charge in [-0.2, -0.15) is 31.5 Å². The van der Waals surface area contributed by atoms with Crippen LogP contribution in [-0.4, -0.2) is 32.9 Å². The molecule has 0 aromatic heterocycles. The summed E-state index contributed by atoms with van der Waals surface area (Å²) >= 11 is 0. The molecule has 0 atom stereocenters. The second kappa shape index (κ2) is 24.9. The minimum atomic E-state index is -0.0479. The van der Waals surface area contributed by atoms with Gasteiger partial charge < -0.3 is 19.7 Å². The number of aromatic hydroxyl groups is 4. The van der Waals surface area contributed by atoms with Crippen LogP contribution in [-0.2, 0) is 25.8 Å². The summed E-state index contributed by atoms with van der Waals surface area (Å²) in [5.74, 6) is 13.8. The van der Waals surface area contributed by atoms with E-state index in [1.807, 2.05) is 66.7 Å². The van der Waals surface area contributed by atoms with E-state index >= 15 is 0 Å². The molecule has 0 fully saturated rings. The van der Waals surface area contributed by atoms with Crippen molar-refractivity contribution in [3.63, 3.8) is 0 Å². The van der Waals surface area contributed by atoms with Crippen molar-refractivity contribution in [1.82, 2.24) is 0 Å². The van der Waals surface area contributed by atoms with E-state index < -0.39 is 0 Å². The summed E-state index contributed by atoms with van der Waals surface area (Å²) in [6.45, 7) is 12.4. The minimum Gasteiger partial charge on any atom is -0.582 e. The smallest absolute Gasteiger partial charge is 0.262 e. The quantitative estimate of drug-likeness (QED) is 0.0446. The van der Waals surface area contributed by atoms with Crippen LogP contribution in [0.4, 0.5) is 0 Å². The molecule has 9 aromatic carbocycles. The van der Waals surface area contributed by atoms with Crippen LogP contribution in [0.3, 0.4) is 0 Å². The number of ether oxygens (including phenoxy) is 2. The van der Waals surface area contributed by atoms with Gasteiger partial charge in [0.2, 0.25) is 0 Å². The number of hydrogen-bond donors (Lipinski definition) is 2. The van der Waals surface area contributed by atoms with Crippen LogP contribution in [0.1, 0.15) is 77.6 Å². The summed E-state index contributed by atoms with van der Waals surface area (Å²) in [6.07, 6.45) is 6.48. The summed E-state index contributed by atoms with van der Waals surface area (Å²) in [7, 11) is 0. The molecule has 4 nitrogen and oxygen atoms in total. The molecule has 0 amide bonds. The van der Waals surface area contributed by atoms with Gasteiger partial charge in [0.15, 0.2) is 13.2 Å². The summed E-state index contributed by atoms with van der Waals surface area (Å²) in [6, 6.07) is 68.8. The molecule has 0 aliphatic heterocycles. The Kier molecular flexibility index (Phi) is 17.5. The third kappa shape index (κ3) is 11.6. The van der Waals surface area contributed by atoms with E-state index in [-0.39, 0.29) is 40.5 Å². The van der Waals surface area contributed by atoms with E-state index in [1.54, 1.807) is 0 Å². The zero-order valence-electron chi connectivity index (χ0n) is 42.3. The molecule has 0 saturated carbocycles. The van der Waals surface area contributed by atoms with Gasteiger partial charge in [0.05, 0.1) is 11.1 Å². The van der Waals surface area contributed by atoms with Gasteiger partial charge in [-0.3, -0.25) is 5.92 Å². The molecular formula is C70H62HfO4. The van der Waals surface area contributed by atoms with E-state index in [1.165, 1.54) is 44.5 Å². The van der Waals surface area contributed by atoms with Gasteiger partial charge in [-0.15, -0.1) is 24.5 Å². The molecule has 4 N–H and O–H groups in total. The number of terminal acetylenes is 1. The SMILES string of the molecule is C#CC#CC#C[CH2-].Cc1cc(-c2ccccc2[OH+]CCCC[OH+]c2ccccc2-c2cc(C)cc(C3c4ccccc4-c4ccccc43)c2O)c(O)c(C2c3ccccc3-c3ccccc32)c1.[CH2-]c1ccccc1.[HH].[HH].[Hf]. The number of fused-ring (bicyclic) bond motifs is 6. The van der Waals surface area contributed by atoms with Crippen LogP contribution in [0, 0.1) is 63.7 Å². The van der Waals surface area contributed by atoms with Crippen molar-refractivity contribution in [2.24, 2.45) is 0 Å². The fourth-order valence-electron chi connectivity index (χ4n) is 10.3. The minimum absolute atomic E-state index is 0. The van der Waals surface area contributed by atoms with Gasteiger partial charge in [0, 0.05) is 87.8 Å². The number of aryl methyl sites for hydroxylation is 2. The first-order valence-electron chi connectivity index (χ1n) is 24.9. The van der Waals surface area contributed by atoms with Crippen LogP contribution in [0.15, 0.2) is 200 Å². The molecule has 0 saturated heterocycles. The summed E-state index contributed by atoms with van der Waals surface area (Å²) in [5.41, 5.74) is 18.4. The molecule has 370 valence electrons. The Morgan fingerprint density at radius 2 is 0.787 bits per heavy atom. The van der Waals surface area contributed by atoms with Crippen LogP contribution in [0.2, 0.25) is 0 Å². The zero-order chi connectivity index (χ0) is 51.4. The predicted molar refractivity (Wildman–Crippen MR) is 309 cm³/mol. The van der Waals surface area contributed by atoms with Crippen LogP contribution < -0.4 is 0 Å². The van der Waals surface area contributed by atoms with Crippen LogP contribution in [0.25, 0.3) is 44.5 Å². The van der Waals surface area contributed by atoms with Gasteiger partial charge in [-0.1, -0.05) is 140 Å². The average molecular weight is 1150 g/mol. The first kappa shape index (κ1) is 52.8. The first-order valence-corrected chi connectivity index (χ1v) is 24.9. The average Bonchev–Trinajstić information content (AvgIpc) is 3.95. The van der Waals surface area contributed by atoms with E-state index in [2.05, 4.69) is 191 Å². The van der Waals surface area contributed by atoms with E-state index in [0.717, 1.165) is 74.4 Å². The Bertz CT molecular complexity index is 3360.